The third kappa shape index (κ3) is 5.41. The van der Waals surface area contributed by atoms with Gasteiger partial charge in [0.25, 0.3) is 5.91 Å². The highest BCUT2D eigenvalue weighted by molar-refractivity contribution is 6.35. The zero-order chi connectivity index (χ0) is 24.2. The molecule has 1 aromatic heterocycles. The van der Waals surface area contributed by atoms with Gasteiger partial charge in [-0.25, -0.2) is 4.39 Å². The van der Waals surface area contributed by atoms with Crippen LogP contribution in [0.25, 0.3) is 0 Å². The number of nitrogens with zero attached hydrogens (tertiary/aromatic N) is 2. The molecule has 174 valence electrons. The summed E-state index contributed by atoms with van der Waals surface area (Å²) in [5.74, 6) is -0.0583. The molecule has 0 radical (unpaired) electrons. The van der Waals surface area contributed by atoms with Crippen molar-refractivity contribution in [3.63, 3.8) is 0 Å². The second-order valence-electron chi connectivity index (χ2n) is 7.81. The fourth-order valence-corrected chi connectivity index (χ4v) is 4.02. The summed E-state index contributed by atoms with van der Waals surface area (Å²) in [6, 6.07) is 18.7. The lowest BCUT2D eigenvalue weighted by molar-refractivity contribution is 0.102. The van der Waals surface area contributed by atoms with E-state index in [4.69, 9.17) is 27.9 Å². The molecule has 3 aromatic carbocycles. The number of carbonyl (C=O) groups excluding carboxylic acids is 1. The maximum atomic E-state index is 14.1. The standard InChI is InChI=1S/C26H22Cl2FN3O2/c1-16-25(17(2)32(31-16)14-20-7-3-4-9-23(20)29)30-26(33)19-8-5-6-18(12-19)15-34-24-11-10-21(27)13-22(24)28/h3-13H,14-15H2,1-2H3,(H,30,33). The average molecular weight is 498 g/mol. The summed E-state index contributed by atoms with van der Waals surface area (Å²) in [5, 5.41) is 8.36. The number of rotatable bonds is 7. The van der Waals surface area contributed by atoms with Crippen molar-refractivity contribution in [2.24, 2.45) is 0 Å². The van der Waals surface area contributed by atoms with Crippen LogP contribution in [0.15, 0.2) is 66.7 Å². The third-order valence-corrected chi connectivity index (χ3v) is 5.91. The van der Waals surface area contributed by atoms with Crippen LogP contribution in [0.5, 0.6) is 5.75 Å². The molecule has 0 bridgehead atoms. The lowest BCUT2D eigenvalue weighted by Gasteiger charge is -2.10. The second kappa shape index (κ2) is 10.3. The lowest BCUT2D eigenvalue weighted by atomic mass is 10.1. The Morgan fingerprint density at radius 2 is 1.85 bits per heavy atom. The fourth-order valence-electron chi connectivity index (χ4n) is 3.56. The molecule has 0 unspecified atom stereocenters. The van der Waals surface area contributed by atoms with Gasteiger partial charge in [-0.05, 0) is 55.8 Å². The van der Waals surface area contributed by atoms with Gasteiger partial charge in [0, 0.05) is 16.1 Å². The van der Waals surface area contributed by atoms with E-state index in [0.29, 0.717) is 38.3 Å². The fraction of sp³-hybridized carbons (Fsp3) is 0.154. The van der Waals surface area contributed by atoms with E-state index in [2.05, 4.69) is 10.4 Å². The van der Waals surface area contributed by atoms with Crippen molar-refractivity contribution in [1.29, 1.82) is 0 Å². The molecule has 0 aliphatic carbocycles. The first-order valence-electron chi connectivity index (χ1n) is 10.6. The van der Waals surface area contributed by atoms with Crippen LogP contribution in [0.3, 0.4) is 0 Å². The van der Waals surface area contributed by atoms with E-state index in [9.17, 15) is 9.18 Å². The number of ether oxygens (including phenoxy) is 1. The molecular formula is C26H22Cl2FN3O2. The van der Waals surface area contributed by atoms with Crippen LogP contribution in [-0.4, -0.2) is 15.7 Å². The summed E-state index contributed by atoms with van der Waals surface area (Å²) in [5.41, 5.74) is 3.81. The molecule has 0 fully saturated rings. The Balaban J connectivity index is 1.47. The Bertz CT molecular complexity index is 1350. The first-order chi connectivity index (χ1) is 16.3. The van der Waals surface area contributed by atoms with E-state index in [-0.39, 0.29) is 24.9 Å². The van der Waals surface area contributed by atoms with Gasteiger partial charge in [-0.1, -0.05) is 53.5 Å². The molecule has 0 aliphatic rings. The quantitative estimate of drug-likeness (QED) is 0.304. The van der Waals surface area contributed by atoms with Gasteiger partial charge in [0.2, 0.25) is 0 Å². The van der Waals surface area contributed by atoms with Crippen LogP contribution >= 0.6 is 23.2 Å². The Kier molecular flexibility index (Phi) is 7.20. The highest BCUT2D eigenvalue weighted by Crippen LogP contribution is 2.28. The molecule has 0 saturated carbocycles. The molecule has 34 heavy (non-hydrogen) atoms. The Morgan fingerprint density at radius 3 is 2.62 bits per heavy atom. The molecule has 8 heteroatoms. The van der Waals surface area contributed by atoms with Gasteiger partial charge in [0.15, 0.2) is 0 Å². The molecule has 0 saturated heterocycles. The molecule has 4 aromatic rings. The molecule has 1 amide bonds. The van der Waals surface area contributed by atoms with Crippen LogP contribution in [0, 0.1) is 19.7 Å². The first kappa shape index (κ1) is 23.8. The maximum absolute atomic E-state index is 14.1. The molecule has 0 spiro atoms. The van der Waals surface area contributed by atoms with Crippen molar-refractivity contribution >= 4 is 34.8 Å². The number of benzene rings is 3. The van der Waals surface area contributed by atoms with Crippen LogP contribution in [0.2, 0.25) is 10.0 Å². The van der Waals surface area contributed by atoms with Crippen molar-refractivity contribution in [3.05, 3.63) is 111 Å². The van der Waals surface area contributed by atoms with Gasteiger partial charge in [0.05, 0.1) is 28.6 Å². The summed E-state index contributed by atoms with van der Waals surface area (Å²) >= 11 is 12.1. The van der Waals surface area contributed by atoms with Gasteiger partial charge < -0.3 is 10.1 Å². The SMILES string of the molecule is Cc1nn(Cc2ccccc2F)c(C)c1NC(=O)c1cccc(COc2ccc(Cl)cc2Cl)c1. The minimum atomic E-state index is -0.292. The van der Waals surface area contributed by atoms with E-state index < -0.39 is 0 Å². The Morgan fingerprint density at radius 1 is 1.06 bits per heavy atom. The summed E-state index contributed by atoms with van der Waals surface area (Å²) in [6.45, 7) is 4.16. The molecule has 4 rings (SSSR count). The smallest absolute Gasteiger partial charge is 0.255 e. The minimum absolute atomic E-state index is 0.237. The molecule has 0 atom stereocenters. The Hall–Kier alpha value is -3.35. The summed E-state index contributed by atoms with van der Waals surface area (Å²) in [4.78, 5) is 13.0. The van der Waals surface area contributed by atoms with Crippen molar-refractivity contribution in [2.75, 3.05) is 5.32 Å². The normalized spacial score (nSPS) is 10.9. The van der Waals surface area contributed by atoms with Crippen molar-refractivity contribution < 1.29 is 13.9 Å². The van der Waals surface area contributed by atoms with Crippen molar-refractivity contribution in [2.45, 2.75) is 27.0 Å². The first-order valence-corrected chi connectivity index (χ1v) is 11.3. The minimum Gasteiger partial charge on any atom is -0.487 e. The summed E-state index contributed by atoms with van der Waals surface area (Å²) in [6.07, 6.45) is 0. The number of hydrogen-bond donors (Lipinski definition) is 1. The highest BCUT2D eigenvalue weighted by Gasteiger charge is 2.17. The van der Waals surface area contributed by atoms with Gasteiger partial charge >= 0.3 is 0 Å². The average Bonchev–Trinajstić information content (AvgIpc) is 3.07. The maximum Gasteiger partial charge on any atom is 0.255 e. The zero-order valence-corrected chi connectivity index (χ0v) is 20.1. The number of anilines is 1. The van der Waals surface area contributed by atoms with E-state index in [1.165, 1.54) is 6.07 Å². The van der Waals surface area contributed by atoms with E-state index in [1.54, 1.807) is 66.2 Å². The largest absolute Gasteiger partial charge is 0.487 e. The van der Waals surface area contributed by atoms with E-state index >= 15 is 0 Å². The third-order valence-electron chi connectivity index (χ3n) is 5.38. The predicted octanol–water partition coefficient (Wildman–Crippen LogP) is 6.83. The number of hydrogen-bond acceptors (Lipinski definition) is 3. The predicted molar refractivity (Wildman–Crippen MR) is 132 cm³/mol. The highest BCUT2D eigenvalue weighted by atomic mass is 35.5. The molecular weight excluding hydrogens is 476 g/mol. The second-order valence-corrected chi connectivity index (χ2v) is 8.66. The number of aromatic nitrogens is 2. The molecule has 1 heterocycles. The van der Waals surface area contributed by atoms with Gasteiger partial charge in [-0.15, -0.1) is 0 Å². The van der Waals surface area contributed by atoms with Gasteiger partial charge in [0.1, 0.15) is 18.2 Å². The van der Waals surface area contributed by atoms with Crippen LogP contribution in [0.1, 0.15) is 32.9 Å². The van der Waals surface area contributed by atoms with Crippen LogP contribution in [-0.2, 0) is 13.2 Å². The number of halogens is 3. The molecule has 5 nitrogen and oxygen atoms in total. The number of amides is 1. The van der Waals surface area contributed by atoms with E-state index in [1.807, 2.05) is 13.0 Å². The van der Waals surface area contributed by atoms with Gasteiger partial charge in [-0.3, -0.25) is 9.48 Å². The van der Waals surface area contributed by atoms with Crippen LogP contribution < -0.4 is 10.1 Å². The van der Waals surface area contributed by atoms with Crippen LogP contribution in [0.4, 0.5) is 10.1 Å². The summed E-state index contributed by atoms with van der Waals surface area (Å²) < 4.78 is 21.5. The number of aryl methyl sites for hydroxylation is 1. The summed E-state index contributed by atoms with van der Waals surface area (Å²) in [7, 11) is 0. The zero-order valence-electron chi connectivity index (χ0n) is 18.6. The number of carbonyl (C=O) groups is 1. The van der Waals surface area contributed by atoms with E-state index in [0.717, 1.165) is 11.3 Å². The van der Waals surface area contributed by atoms with Gasteiger partial charge in [-0.2, -0.15) is 5.10 Å². The van der Waals surface area contributed by atoms with Crippen molar-refractivity contribution in [1.82, 2.24) is 9.78 Å². The monoisotopic (exact) mass is 497 g/mol. The molecule has 0 aliphatic heterocycles. The lowest BCUT2D eigenvalue weighted by Crippen LogP contribution is -2.14. The molecule has 1 N–H and O–H groups in total. The Labute approximate surface area is 207 Å². The number of nitrogens with one attached hydrogen (secondary N) is 1. The topological polar surface area (TPSA) is 56.2 Å². The van der Waals surface area contributed by atoms with Crippen molar-refractivity contribution in [3.8, 4) is 5.75 Å².